The Labute approximate surface area is 158 Å². The van der Waals surface area contributed by atoms with E-state index >= 15 is 0 Å². The topological polar surface area (TPSA) is 64.6 Å². The second-order valence-corrected chi connectivity index (χ2v) is 9.51. The fourth-order valence-corrected chi connectivity index (χ4v) is 3.98. The number of ether oxygens (including phenoxy) is 2. The van der Waals surface area contributed by atoms with Crippen molar-refractivity contribution in [3.8, 4) is 5.75 Å². The standard InChI is InChI=1S/C20H33NO4S/c1-16(2)15-24-11-5-13-26(22,23)21-17(3)19-6-4-7-20(14-19)25-12-10-18-8-9-18/h4,6-7,14,16-18,21H,5,8-13,15H2,1-3H3/t17-/m1/s1. The molecule has 0 aromatic heterocycles. The molecular formula is C20H33NO4S. The first kappa shape index (κ1) is 21.2. The van der Waals surface area contributed by atoms with Gasteiger partial charge in [-0.15, -0.1) is 0 Å². The highest BCUT2D eigenvalue weighted by Crippen LogP contribution is 2.32. The lowest BCUT2D eigenvalue weighted by molar-refractivity contribution is 0.111. The van der Waals surface area contributed by atoms with Crippen LogP contribution in [-0.4, -0.2) is 34.0 Å². The summed E-state index contributed by atoms with van der Waals surface area (Å²) in [4.78, 5) is 0. The maximum absolute atomic E-state index is 12.3. The molecule has 0 unspecified atom stereocenters. The van der Waals surface area contributed by atoms with Gasteiger partial charge in [0.1, 0.15) is 5.75 Å². The van der Waals surface area contributed by atoms with Crippen molar-refractivity contribution in [2.24, 2.45) is 11.8 Å². The van der Waals surface area contributed by atoms with E-state index in [1.165, 1.54) is 12.8 Å². The summed E-state index contributed by atoms with van der Waals surface area (Å²) in [5.74, 6) is 2.18. The molecule has 148 valence electrons. The minimum atomic E-state index is -3.33. The van der Waals surface area contributed by atoms with E-state index in [-0.39, 0.29) is 11.8 Å². The first-order valence-electron chi connectivity index (χ1n) is 9.66. The van der Waals surface area contributed by atoms with Crippen molar-refractivity contribution >= 4 is 10.0 Å². The lowest BCUT2D eigenvalue weighted by atomic mass is 10.1. The zero-order valence-corrected chi connectivity index (χ0v) is 17.1. The number of benzene rings is 1. The van der Waals surface area contributed by atoms with Gasteiger partial charge < -0.3 is 9.47 Å². The van der Waals surface area contributed by atoms with Crippen LogP contribution >= 0.6 is 0 Å². The summed E-state index contributed by atoms with van der Waals surface area (Å²) in [7, 11) is -3.33. The summed E-state index contributed by atoms with van der Waals surface area (Å²) in [6.07, 6.45) is 4.25. The maximum atomic E-state index is 12.3. The number of nitrogens with one attached hydrogen (secondary N) is 1. The van der Waals surface area contributed by atoms with Gasteiger partial charge in [0.05, 0.1) is 12.4 Å². The summed E-state index contributed by atoms with van der Waals surface area (Å²) in [6.45, 7) is 7.86. The van der Waals surface area contributed by atoms with Gasteiger partial charge in [-0.2, -0.15) is 0 Å². The third kappa shape index (κ3) is 8.52. The van der Waals surface area contributed by atoms with E-state index in [0.717, 1.165) is 30.3 Å². The minimum absolute atomic E-state index is 0.0764. The van der Waals surface area contributed by atoms with Crippen LogP contribution in [0.3, 0.4) is 0 Å². The van der Waals surface area contributed by atoms with Crippen molar-refractivity contribution in [2.45, 2.75) is 52.5 Å². The molecule has 1 saturated carbocycles. The summed E-state index contributed by atoms with van der Waals surface area (Å²) < 4.78 is 38.5. The van der Waals surface area contributed by atoms with Crippen LogP contribution in [0.15, 0.2) is 24.3 Å². The van der Waals surface area contributed by atoms with E-state index in [2.05, 4.69) is 18.6 Å². The van der Waals surface area contributed by atoms with Crippen molar-refractivity contribution in [1.82, 2.24) is 4.72 Å². The first-order valence-corrected chi connectivity index (χ1v) is 11.3. The SMILES string of the molecule is CC(C)COCCCS(=O)(=O)N[C@H](C)c1cccc(OCCC2CC2)c1. The zero-order chi connectivity index (χ0) is 19.0. The van der Waals surface area contributed by atoms with E-state index in [0.29, 0.717) is 25.6 Å². The molecule has 1 aromatic rings. The Morgan fingerprint density at radius 3 is 2.65 bits per heavy atom. The van der Waals surface area contributed by atoms with Crippen LogP contribution in [-0.2, 0) is 14.8 Å². The smallest absolute Gasteiger partial charge is 0.212 e. The lowest BCUT2D eigenvalue weighted by Gasteiger charge is -2.16. The molecule has 1 N–H and O–H groups in total. The molecular weight excluding hydrogens is 350 g/mol. The van der Waals surface area contributed by atoms with Crippen molar-refractivity contribution in [1.29, 1.82) is 0 Å². The molecule has 6 heteroatoms. The van der Waals surface area contributed by atoms with Crippen LogP contribution in [0, 0.1) is 11.8 Å². The van der Waals surface area contributed by atoms with Gasteiger partial charge in [0.15, 0.2) is 0 Å². The maximum Gasteiger partial charge on any atom is 0.212 e. The van der Waals surface area contributed by atoms with Crippen molar-refractivity contribution in [3.05, 3.63) is 29.8 Å². The van der Waals surface area contributed by atoms with Crippen LogP contribution in [0.25, 0.3) is 0 Å². The van der Waals surface area contributed by atoms with E-state index in [9.17, 15) is 8.42 Å². The number of sulfonamides is 1. The normalized spacial score (nSPS) is 16.0. The van der Waals surface area contributed by atoms with E-state index in [1.807, 2.05) is 31.2 Å². The highest BCUT2D eigenvalue weighted by atomic mass is 32.2. The Kier molecular flexibility index (Phi) is 8.38. The Morgan fingerprint density at radius 1 is 1.19 bits per heavy atom. The van der Waals surface area contributed by atoms with Crippen LogP contribution < -0.4 is 9.46 Å². The molecule has 1 aliphatic rings. The molecule has 0 amide bonds. The fourth-order valence-electron chi connectivity index (χ4n) is 2.69. The minimum Gasteiger partial charge on any atom is -0.494 e. The Bertz CT molecular complexity index is 641. The van der Waals surface area contributed by atoms with Gasteiger partial charge >= 0.3 is 0 Å². The number of hydrogen-bond acceptors (Lipinski definition) is 4. The van der Waals surface area contributed by atoms with Crippen molar-refractivity contribution in [2.75, 3.05) is 25.6 Å². The predicted molar refractivity (Wildman–Crippen MR) is 105 cm³/mol. The molecule has 0 bridgehead atoms. The molecule has 2 rings (SSSR count). The summed E-state index contributed by atoms with van der Waals surface area (Å²) in [6, 6.07) is 7.39. The van der Waals surface area contributed by atoms with Crippen LogP contribution in [0.5, 0.6) is 5.75 Å². The number of hydrogen-bond donors (Lipinski definition) is 1. The van der Waals surface area contributed by atoms with Crippen LogP contribution in [0.2, 0.25) is 0 Å². The van der Waals surface area contributed by atoms with Crippen LogP contribution in [0.1, 0.15) is 58.1 Å². The van der Waals surface area contributed by atoms with Gasteiger partial charge in [0, 0.05) is 19.3 Å². The zero-order valence-electron chi connectivity index (χ0n) is 16.2. The summed E-state index contributed by atoms with van der Waals surface area (Å²) >= 11 is 0. The summed E-state index contributed by atoms with van der Waals surface area (Å²) in [5, 5.41) is 0. The van der Waals surface area contributed by atoms with Crippen molar-refractivity contribution in [3.63, 3.8) is 0 Å². The second-order valence-electron chi connectivity index (χ2n) is 7.63. The van der Waals surface area contributed by atoms with Crippen molar-refractivity contribution < 1.29 is 17.9 Å². The van der Waals surface area contributed by atoms with Gasteiger partial charge in [0.2, 0.25) is 10.0 Å². The molecule has 0 aliphatic heterocycles. The Balaban J connectivity index is 1.76. The van der Waals surface area contributed by atoms with Gasteiger partial charge in [-0.25, -0.2) is 13.1 Å². The molecule has 1 aliphatic carbocycles. The molecule has 1 aromatic carbocycles. The Morgan fingerprint density at radius 2 is 1.96 bits per heavy atom. The molecule has 0 radical (unpaired) electrons. The molecule has 0 spiro atoms. The molecule has 0 heterocycles. The van der Waals surface area contributed by atoms with Gasteiger partial charge in [-0.3, -0.25) is 0 Å². The highest BCUT2D eigenvalue weighted by Gasteiger charge is 2.21. The highest BCUT2D eigenvalue weighted by molar-refractivity contribution is 7.89. The van der Waals surface area contributed by atoms with E-state index < -0.39 is 10.0 Å². The summed E-state index contributed by atoms with van der Waals surface area (Å²) in [5.41, 5.74) is 0.911. The molecule has 26 heavy (non-hydrogen) atoms. The average molecular weight is 384 g/mol. The van der Waals surface area contributed by atoms with Crippen LogP contribution in [0.4, 0.5) is 0 Å². The molecule has 5 nitrogen and oxygen atoms in total. The Hall–Kier alpha value is -1.11. The van der Waals surface area contributed by atoms with Gasteiger partial charge in [-0.05, 0) is 49.3 Å². The monoisotopic (exact) mass is 383 g/mol. The lowest BCUT2D eigenvalue weighted by Crippen LogP contribution is -2.29. The predicted octanol–water partition coefficient (Wildman–Crippen LogP) is 3.91. The van der Waals surface area contributed by atoms with Gasteiger partial charge in [-0.1, -0.05) is 38.8 Å². The van der Waals surface area contributed by atoms with Gasteiger partial charge in [0.25, 0.3) is 0 Å². The average Bonchev–Trinajstić information content (AvgIpc) is 3.38. The fraction of sp³-hybridized carbons (Fsp3) is 0.700. The largest absolute Gasteiger partial charge is 0.494 e. The number of rotatable bonds is 13. The van der Waals surface area contributed by atoms with E-state index in [1.54, 1.807) is 0 Å². The quantitative estimate of drug-likeness (QED) is 0.525. The third-order valence-corrected chi connectivity index (χ3v) is 5.90. The second kappa shape index (κ2) is 10.3. The molecule has 1 atom stereocenters. The first-order chi connectivity index (χ1) is 12.4. The molecule has 0 saturated heterocycles. The van der Waals surface area contributed by atoms with E-state index in [4.69, 9.17) is 9.47 Å². The third-order valence-electron chi connectivity index (χ3n) is 4.36. The molecule has 1 fully saturated rings.